The molecule has 1 N–H and O–H groups in total. The number of aryl methyl sites for hydroxylation is 1. The molecule has 5 nitrogen and oxygen atoms in total. The van der Waals surface area contributed by atoms with Crippen molar-refractivity contribution in [1.82, 2.24) is 10.2 Å². The second kappa shape index (κ2) is 11.9. The standard InChI is InChI=1S/C26H33ClN2O3/c1-3-24(26(31)28-22-9-5-4-6-10-22)29(17-20-12-14-21(27)15-13-20)25(30)18-32-23-11-7-8-19(2)16-23/h7-8,11-16,22,24H,3-6,9-10,17-18H2,1-2H3,(H,28,31)/t24-/m0/s1. The van der Waals surface area contributed by atoms with Gasteiger partial charge in [0.1, 0.15) is 11.8 Å². The molecule has 172 valence electrons. The van der Waals surface area contributed by atoms with Crippen molar-refractivity contribution in [1.29, 1.82) is 0 Å². The zero-order valence-electron chi connectivity index (χ0n) is 19.0. The number of carbonyl (C=O) groups is 2. The number of carbonyl (C=O) groups excluding carboxylic acids is 2. The van der Waals surface area contributed by atoms with Gasteiger partial charge in [-0.15, -0.1) is 0 Å². The Morgan fingerprint density at radius 1 is 1.12 bits per heavy atom. The minimum atomic E-state index is -0.554. The van der Waals surface area contributed by atoms with Crippen LogP contribution in [0.5, 0.6) is 5.75 Å². The Labute approximate surface area is 196 Å². The summed E-state index contributed by atoms with van der Waals surface area (Å²) in [5.74, 6) is 0.342. The van der Waals surface area contributed by atoms with E-state index >= 15 is 0 Å². The number of nitrogens with one attached hydrogen (secondary N) is 1. The molecule has 2 aromatic carbocycles. The van der Waals surface area contributed by atoms with E-state index in [2.05, 4.69) is 5.32 Å². The van der Waals surface area contributed by atoms with Crippen LogP contribution >= 0.6 is 11.6 Å². The predicted molar refractivity (Wildman–Crippen MR) is 128 cm³/mol. The van der Waals surface area contributed by atoms with Crippen LogP contribution in [0.1, 0.15) is 56.6 Å². The van der Waals surface area contributed by atoms with Gasteiger partial charge in [0.05, 0.1) is 0 Å². The molecule has 0 saturated heterocycles. The van der Waals surface area contributed by atoms with Crippen molar-refractivity contribution >= 4 is 23.4 Å². The lowest BCUT2D eigenvalue weighted by atomic mass is 9.95. The molecule has 0 heterocycles. The largest absolute Gasteiger partial charge is 0.484 e. The van der Waals surface area contributed by atoms with E-state index in [4.69, 9.17) is 16.3 Å². The van der Waals surface area contributed by atoms with Crippen molar-refractivity contribution < 1.29 is 14.3 Å². The summed E-state index contributed by atoms with van der Waals surface area (Å²) in [6, 6.07) is 14.6. The maximum absolute atomic E-state index is 13.3. The Balaban J connectivity index is 1.74. The third-order valence-electron chi connectivity index (χ3n) is 5.96. The molecule has 1 aliphatic rings. The molecular weight excluding hydrogens is 424 g/mol. The topological polar surface area (TPSA) is 58.6 Å². The second-order valence-corrected chi connectivity index (χ2v) is 8.96. The minimum Gasteiger partial charge on any atom is -0.484 e. The van der Waals surface area contributed by atoms with Crippen LogP contribution in [-0.4, -0.2) is 35.4 Å². The van der Waals surface area contributed by atoms with Gasteiger partial charge in [0.2, 0.25) is 5.91 Å². The summed E-state index contributed by atoms with van der Waals surface area (Å²) >= 11 is 6.03. The van der Waals surface area contributed by atoms with Crippen LogP contribution in [0.25, 0.3) is 0 Å². The van der Waals surface area contributed by atoms with Crippen molar-refractivity contribution in [3.63, 3.8) is 0 Å². The highest BCUT2D eigenvalue weighted by atomic mass is 35.5. The Bertz CT molecular complexity index is 894. The highest BCUT2D eigenvalue weighted by Gasteiger charge is 2.30. The van der Waals surface area contributed by atoms with Gasteiger partial charge in [-0.05, 0) is 61.6 Å². The molecule has 0 aromatic heterocycles. The molecule has 0 aliphatic heterocycles. The van der Waals surface area contributed by atoms with Crippen LogP contribution in [0.4, 0.5) is 0 Å². The SMILES string of the molecule is CC[C@@H](C(=O)NC1CCCCC1)N(Cc1ccc(Cl)cc1)C(=O)COc1cccc(C)c1. The van der Waals surface area contributed by atoms with Crippen LogP contribution in [-0.2, 0) is 16.1 Å². The fourth-order valence-corrected chi connectivity index (χ4v) is 4.31. The van der Waals surface area contributed by atoms with Gasteiger partial charge in [-0.1, -0.05) is 62.1 Å². The van der Waals surface area contributed by atoms with E-state index in [9.17, 15) is 9.59 Å². The lowest BCUT2D eigenvalue weighted by Gasteiger charge is -2.32. The Morgan fingerprint density at radius 3 is 2.50 bits per heavy atom. The molecule has 0 unspecified atom stereocenters. The van der Waals surface area contributed by atoms with Crippen LogP contribution in [0, 0.1) is 6.92 Å². The molecule has 0 bridgehead atoms. The molecule has 3 rings (SSSR count). The lowest BCUT2D eigenvalue weighted by molar-refractivity contribution is -0.143. The number of halogens is 1. The zero-order chi connectivity index (χ0) is 22.9. The number of benzene rings is 2. The summed E-state index contributed by atoms with van der Waals surface area (Å²) in [7, 11) is 0. The summed E-state index contributed by atoms with van der Waals surface area (Å²) in [4.78, 5) is 28.1. The highest BCUT2D eigenvalue weighted by molar-refractivity contribution is 6.30. The first-order chi connectivity index (χ1) is 15.5. The molecule has 0 radical (unpaired) electrons. The van der Waals surface area contributed by atoms with E-state index in [1.54, 1.807) is 17.0 Å². The fourth-order valence-electron chi connectivity index (χ4n) is 4.18. The first-order valence-electron chi connectivity index (χ1n) is 11.5. The van der Waals surface area contributed by atoms with Gasteiger partial charge in [-0.25, -0.2) is 0 Å². The van der Waals surface area contributed by atoms with E-state index in [1.165, 1.54) is 6.42 Å². The average molecular weight is 457 g/mol. The van der Waals surface area contributed by atoms with Gasteiger partial charge < -0.3 is 15.0 Å². The monoisotopic (exact) mass is 456 g/mol. The first-order valence-corrected chi connectivity index (χ1v) is 11.9. The van der Waals surface area contributed by atoms with Crippen molar-refractivity contribution in [2.75, 3.05) is 6.61 Å². The van der Waals surface area contributed by atoms with Gasteiger partial charge in [-0.2, -0.15) is 0 Å². The Kier molecular flexibility index (Phi) is 8.98. The lowest BCUT2D eigenvalue weighted by Crippen LogP contribution is -2.52. The molecular formula is C26H33ClN2O3. The average Bonchev–Trinajstić information content (AvgIpc) is 2.79. The number of nitrogens with zero attached hydrogens (tertiary/aromatic N) is 1. The van der Waals surface area contributed by atoms with Crippen molar-refractivity contribution in [2.45, 2.75) is 71.0 Å². The molecule has 1 aliphatic carbocycles. The van der Waals surface area contributed by atoms with E-state index in [0.717, 1.165) is 36.8 Å². The van der Waals surface area contributed by atoms with Crippen LogP contribution < -0.4 is 10.1 Å². The number of rotatable bonds is 9. The van der Waals surface area contributed by atoms with Crippen LogP contribution in [0.15, 0.2) is 48.5 Å². The second-order valence-electron chi connectivity index (χ2n) is 8.52. The smallest absolute Gasteiger partial charge is 0.261 e. The number of amides is 2. The van der Waals surface area contributed by atoms with Crippen molar-refractivity contribution in [2.24, 2.45) is 0 Å². The molecule has 1 saturated carbocycles. The van der Waals surface area contributed by atoms with Crippen molar-refractivity contribution in [3.05, 3.63) is 64.7 Å². The molecule has 1 atom stereocenters. The fraction of sp³-hybridized carbons (Fsp3) is 0.462. The summed E-state index contributed by atoms with van der Waals surface area (Å²) in [5.41, 5.74) is 1.98. The van der Waals surface area contributed by atoms with Gasteiger partial charge in [0.15, 0.2) is 6.61 Å². The third-order valence-corrected chi connectivity index (χ3v) is 6.21. The van der Waals surface area contributed by atoms with Gasteiger partial charge in [-0.3, -0.25) is 9.59 Å². The van der Waals surface area contributed by atoms with Crippen LogP contribution in [0.2, 0.25) is 5.02 Å². The van der Waals surface area contributed by atoms with Gasteiger partial charge in [0, 0.05) is 17.6 Å². The normalized spacial score (nSPS) is 15.1. The molecule has 0 spiro atoms. The highest BCUT2D eigenvalue weighted by Crippen LogP contribution is 2.20. The summed E-state index contributed by atoms with van der Waals surface area (Å²) in [6.07, 6.45) is 6.04. The van der Waals surface area contributed by atoms with E-state index < -0.39 is 6.04 Å². The van der Waals surface area contributed by atoms with Crippen molar-refractivity contribution in [3.8, 4) is 5.75 Å². The van der Waals surface area contributed by atoms with E-state index in [-0.39, 0.29) is 24.5 Å². The number of hydrogen-bond donors (Lipinski definition) is 1. The molecule has 2 amide bonds. The van der Waals surface area contributed by atoms with E-state index in [1.807, 2.05) is 50.2 Å². The summed E-state index contributed by atoms with van der Waals surface area (Å²) in [6.45, 7) is 4.12. The number of ether oxygens (including phenoxy) is 1. The predicted octanol–water partition coefficient (Wildman–Crippen LogP) is 5.28. The van der Waals surface area contributed by atoms with Gasteiger partial charge >= 0.3 is 0 Å². The molecule has 1 fully saturated rings. The Morgan fingerprint density at radius 2 is 1.84 bits per heavy atom. The quantitative estimate of drug-likeness (QED) is 0.558. The van der Waals surface area contributed by atoms with Gasteiger partial charge in [0.25, 0.3) is 5.91 Å². The maximum atomic E-state index is 13.3. The number of hydrogen-bond acceptors (Lipinski definition) is 3. The summed E-state index contributed by atoms with van der Waals surface area (Å²) in [5, 5.41) is 3.82. The maximum Gasteiger partial charge on any atom is 0.261 e. The minimum absolute atomic E-state index is 0.0859. The Hall–Kier alpha value is -2.53. The zero-order valence-corrected chi connectivity index (χ0v) is 19.7. The third kappa shape index (κ3) is 6.99. The molecule has 2 aromatic rings. The van der Waals surface area contributed by atoms with Crippen LogP contribution in [0.3, 0.4) is 0 Å². The first kappa shape index (κ1) is 24.1. The summed E-state index contributed by atoms with van der Waals surface area (Å²) < 4.78 is 5.77. The molecule has 6 heteroatoms. The molecule has 32 heavy (non-hydrogen) atoms. The van der Waals surface area contributed by atoms with E-state index in [0.29, 0.717) is 23.7 Å².